The number of thiazole rings is 1. The molecule has 1 aromatic heterocycles. The van der Waals surface area contributed by atoms with Gasteiger partial charge in [-0.1, -0.05) is 34.6 Å². The lowest BCUT2D eigenvalue weighted by molar-refractivity contribution is -0.125. The third kappa shape index (κ3) is 3.54. The molecule has 0 aliphatic carbocycles. The zero-order valence-corrected chi connectivity index (χ0v) is 13.4. The van der Waals surface area contributed by atoms with E-state index in [9.17, 15) is 4.79 Å². The Kier molecular flexibility index (Phi) is 5.10. The number of amides is 1. The molecule has 4 nitrogen and oxygen atoms in total. The number of anilines is 1. The van der Waals surface area contributed by atoms with Crippen LogP contribution in [-0.4, -0.2) is 17.4 Å². The number of hydrogen-bond acceptors (Lipinski definition) is 4. The number of carbonyl (C=O) groups excluding carboxylic acids is 1. The highest BCUT2D eigenvalue weighted by atomic mass is 32.1. The first-order valence-electron chi connectivity index (χ1n) is 6.76. The van der Waals surface area contributed by atoms with Gasteiger partial charge in [-0.15, -0.1) is 11.3 Å². The van der Waals surface area contributed by atoms with E-state index in [0.29, 0.717) is 11.7 Å². The zero-order valence-electron chi connectivity index (χ0n) is 12.5. The molecule has 0 aromatic carbocycles. The number of nitrogens with zero attached hydrogens (tertiary/aromatic N) is 1. The van der Waals surface area contributed by atoms with Crippen LogP contribution >= 0.6 is 11.3 Å². The van der Waals surface area contributed by atoms with Gasteiger partial charge in [0.1, 0.15) is 0 Å². The van der Waals surface area contributed by atoms with E-state index in [1.807, 2.05) is 19.2 Å². The molecule has 19 heavy (non-hydrogen) atoms. The van der Waals surface area contributed by atoms with E-state index in [-0.39, 0.29) is 11.3 Å². The molecule has 5 heteroatoms. The molecule has 1 aromatic rings. The zero-order chi connectivity index (χ0) is 14.7. The molecule has 0 unspecified atom stereocenters. The Hall–Kier alpha value is -0.940. The maximum absolute atomic E-state index is 12.4. The van der Waals surface area contributed by atoms with Gasteiger partial charge in [0.2, 0.25) is 5.91 Å². The van der Waals surface area contributed by atoms with Crippen LogP contribution in [0.1, 0.15) is 53.2 Å². The topological polar surface area (TPSA) is 68.0 Å². The summed E-state index contributed by atoms with van der Waals surface area (Å²) in [5.74, 6) is -0.0187. The lowest BCUT2D eigenvalue weighted by Crippen LogP contribution is -2.41. The molecule has 3 N–H and O–H groups in total. The van der Waals surface area contributed by atoms with Gasteiger partial charge in [-0.2, -0.15) is 0 Å². The first-order valence-corrected chi connectivity index (χ1v) is 7.64. The van der Waals surface area contributed by atoms with Crippen molar-refractivity contribution in [3.8, 4) is 0 Å². The van der Waals surface area contributed by atoms with Crippen LogP contribution in [0, 0.1) is 5.41 Å². The monoisotopic (exact) mass is 283 g/mol. The third-order valence-electron chi connectivity index (χ3n) is 3.72. The second kappa shape index (κ2) is 6.01. The van der Waals surface area contributed by atoms with E-state index in [0.717, 1.165) is 18.5 Å². The van der Waals surface area contributed by atoms with Gasteiger partial charge >= 0.3 is 0 Å². The highest BCUT2D eigenvalue weighted by Crippen LogP contribution is 2.30. The molecular weight excluding hydrogens is 258 g/mol. The van der Waals surface area contributed by atoms with E-state index < -0.39 is 5.41 Å². The van der Waals surface area contributed by atoms with Gasteiger partial charge in [-0.3, -0.25) is 4.79 Å². The fourth-order valence-electron chi connectivity index (χ4n) is 1.86. The number of nitrogens with one attached hydrogen (secondary N) is 1. The minimum atomic E-state index is -0.479. The number of carbonyl (C=O) groups is 1. The van der Waals surface area contributed by atoms with Crippen molar-refractivity contribution in [2.45, 2.75) is 52.9 Å². The summed E-state index contributed by atoms with van der Waals surface area (Å²) in [6.45, 7) is 10.7. The fraction of sp³-hybridized carbons (Fsp3) is 0.714. The molecule has 0 saturated heterocycles. The molecule has 0 radical (unpaired) electrons. The molecule has 1 heterocycles. The van der Waals surface area contributed by atoms with Gasteiger partial charge in [0.25, 0.3) is 0 Å². The molecule has 108 valence electrons. The SMILES string of the molecule is CCC(CC)(CN)C(=O)Nc1nc(C(C)(C)C)cs1. The predicted molar refractivity (Wildman–Crippen MR) is 81.5 cm³/mol. The Morgan fingerprint density at radius 3 is 2.32 bits per heavy atom. The van der Waals surface area contributed by atoms with Crippen molar-refractivity contribution < 1.29 is 4.79 Å². The maximum atomic E-state index is 12.4. The molecule has 0 aliphatic rings. The van der Waals surface area contributed by atoms with Crippen molar-refractivity contribution in [3.05, 3.63) is 11.1 Å². The minimum Gasteiger partial charge on any atom is -0.329 e. The molecule has 0 bridgehead atoms. The second-order valence-corrected chi connectivity index (χ2v) is 6.79. The average Bonchev–Trinajstić information content (AvgIpc) is 2.80. The summed E-state index contributed by atoms with van der Waals surface area (Å²) in [5, 5.41) is 5.58. The third-order valence-corrected chi connectivity index (χ3v) is 4.48. The van der Waals surface area contributed by atoms with Crippen molar-refractivity contribution >= 4 is 22.4 Å². The van der Waals surface area contributed by atoms with Crippen molar-refractivity contribution in [3.63, 3.8) is 0 Å². The normalized spacial score (nSPS) is 12.5. The van der Waals surface area contributed by atoms with Crippen LogP contribution in [-0.2, 0) is 10.2 Å². The summed E-state index contributed by atoms with van der Waals surface area (Å²) in [6.07, 6.45) is 1.48. The van der Waals surface area contributed by atoms with Crippen molar-refractivity contribution in [1.82, 2.24) is 4.98 Å². The summed E-state index contributed by atoms with van der Waals surface area (Å²) in [5.41, 5.74) is 6.30. The van der Waals surface area contributed by atoms with Crippen molar-refractivity contribution in [2.24, 2.45) is 11.1 Å². The summed E-state index contributed by atoms with van der Waals surface area (Å²) in [6, 6.07) is 0. The van der Waals surface area contributed by atoms with Crippen LogP contribution in [0.5, 0.6) is 0 Å². The highest BCUT2D eigenvalue weighted by molar-refractivity contribution is 7.13. The largest absolute Gasteiger partial charge is 0.329 e. The van der Waals surface area contributed by atoms with E-state index in [4.69, 9.17) is 5.73 Å². The summed E-state index contributed by atoms with van der Waals surface area (Å²) < 4.78 is 0. The van der Waals surface area contributed by atoms with Gasteiger partial charge < -0.3 is 11.1 Å². The maximum Gasteiger partial charge on any atom is 0.233 e. The van der Waals surface area contributed by atoms with E-state index >= 15 is 0 Å². The molecule has 0 saturated carbocycles. The Bertz CT molecular complexity index is 422. The number of rotatable bonds is 5. The Morgan fingerprint density at radius 2 is 1.95 bits per heavy atom. The van der Waals surface area contributed by atoms with Crippen molar-refractivity contribution in [1.29, 1.82) is 0 Å². The summed E-state index contributed by atoms with van der Waals surface area (Å²) in [7, 11) is 0. The molecule has 1 rings (SSSR count). The van der Waals surface area contributed by atoms with Crippen LogP contribution in [0.15, 0.2) is 5.38 Å². The van der Waals surface area contributed by atoms with Gasteiger partial charge in [0.15, 0.2) is 5.13 Å². The van der Waals surface area contributed by atoms with Crippen LogP contribution in [0.2, 0.25) is 0 Å². The molecular formula is C14H25N3OS. The van der Waals surface area contributed by atoms with E-state index in [1.165, 1.54) is 11.3 Å². The minimum absolute atomic E-state index is 0.0000533. The predicted octanol–water partition coefficient (Wildman–Crippen LogP) is 3.14. The number of hydrogen-bond donors (Lipinski definition) is 2. The van der Waals surface area contributed by atoms with Crippen LogP contribution in [0.25, 0.3) is 0 Å². The van der Waals surface area contributed by atoms with E-state index in [1.54, 1.807) is 0 Å². The van der Waals surface area contributed by atoms with Gasteiger partial charge in [0, 0.05) is 17.3 Å². The standard InChI is InChI=1S/C14H25N3OS/c1-6-14(7-2,9-15)11(18)17-12-16-10(8-19-12)13(3,4)5/h8H,6-7,9,15H2,1-5H3,(H,16,17,18). The van der Waals surface area contributed by atoms with Crippen LogP contribution < -0.4 is 11.1 Å². The Balaban J connectivity index is 2.85. The summed E-state index contributed by atoms with van der Waals surface area (Å²) in [4.78, 5) is 16.8. The van der Waals surface area contributed by atoms with Gasteiger partial charge in [-0.05, 0) is 12.8 Å². The lowest BCUT2D eigenvalue weighted by Gasteiger charge is -2.27. The molecule has 0 fully saturated rings. The Labute approximate surface area is 119 Å². The lowest BCUT2D eigenvalue weighted by atomic mass is 9.81. The fourth-order valence-corrected chi connectivity index (χ4v) is 2.79. The average molecular weight is 283 g/mol. The van der Waals surface area contributed by atoms with Gasteiger partial charge in [-0.25, -0.2) is 4.98 Å². The van der Waals surface area contributed by atoms with Gasteiger partial charge in [0.05, 0.1) is 11.1 Å². The highest BCUT2D eigenvalue weighted by Gasteiger charge is 2.34. The smallest absolute Gasteiger partial charge is 0.233 e. The molecule has 0 atom stereocenters. The molecule has 0 aliphatic heterocycles. The van der Waals surface area contributed by atoms with Crippen LogP contribution in [0.3, 0.4) is 0 Å². The molecule has 0 spiro atoms. The number of nitrogens with two attached hydrogens (primary N) is 1. The van der Waals surface area contributed by atoms with E-state index in [2.05, 4.69) is 31.1 Å². The van der Waals surface area contributed by atoms with Crippen LogP contribution in [0.4, 0.5) is 5.13 Å². The first kappa shape index (κ1) is 16.1. The number of aromatic nitrogens is 1. The summed E-state index contributed by atoms with van der Waals surface area (Å²) >= 11 is 1.47. The first-order chi connectivity index (χ1) is 8.79. The second-order valence-electron chi connectivity index (χ2n) is 5.93. The quantitative estimate of drug-likeness (QED) is 0.872. The molecule has 1 amide bonds. The Morgan fingerprint density at radius 1 is 1.37 bits per heavy atom. The van der Waals surface area contributed by atoms with Crippen molar-refractivity contribution in [2.75, 3.05) is 11.9 Å².